The Kier molecular flexibility index (Phi) is 4.33. The summed E-state index contributed by atoms with van der Waals surface area (Å²) < 4.78 is 5.15. The van der Waals surface area contributed by atoms with Gasteiger partial charge in [0.15, 0.2) is 0 Å². The molecule has 0 saturated carbocycles. The van der Waals surface area contributed by atoms with E-state index in [4.69, 9.17) is 4.52 Å². The maximum atomic E-state index is 11.7. The normalized spacial score (nSPS) is 16.3. The van der Waals surface area contributed by atoms with Gasteiger partial charge in [0.25, 0.3) is 5.95 Å². The Bertz CT molecular complexity index is 395. The van der Waals surface area contributed by atoms with Crippen LogP contribution in [-0.4, -0.2) is 29.0 Å². The standard InChI is InChI=1S/C13H21N3O2/c1-10(2)8-11(17)9-12-14-13(15-18-12)16-6-4-3-5-7-16/h10H,3-9H2,1-2H3. The highest BCUT2D eigenvalue weighted by Gasteiger charge is 2.18. The monoisotopic (exact) mass is 251 g/mol. The highest BCUT2D eigenvalue weighted by molar-refractivity contribution is 5.80. The van der Waals surface area contributed by atoms with Gasteiger partial charge in [0.05, 0.1) is 6.42 Å². The summed E-state index contributed by atoms with van der Waals surface area (Å²) in [5.74, 6) is 1.63. The third-order valence-corrected chi connectivity index (χ3v) is 3.08. The van der Waals surface area contributed by atoms with E-state index in [1.54, 1.807) is 0 Å². The molecule has 0 unspecified atom stereocenters. The molecule has 100 valence electrons. The number of carbonyl (C=O) groups excluding carboxylic acids is 1. The summed E-state index contributed by atoms with van der Waals surface area (Å²) in [5.41, 5.74) is 0. The van der Waals surface area contributed by atoms with Crippen molar-refractivity contribution in [2.45, 2.75) is 46.0 Å². The second-order valence-corrected chi connectivity index (χ2v) is 5.35. The quantitative estimate of drug-likeness (QED) is 0.803. The molecule has 1 aromatic heterocycles. The summed E-state index contributed by atoms with van der Waals surface area (Å²) in [6.07, 6.45) is 4.46. The lowest BCUT2D eigenvalue weighted by atomic mass is 10.1. The molecular weight excluding hydrogens is 230 g/mol. The van der Waals surface area contributed by atoms with Crippen LogP contribution < -0.4 is 4.90 Å². The number of Topliss-reactive ketones (excluding diaryl/α,β-unsaturated/α-hetero) is 1. The fourth-order valence-electron chi connectivity index (χ4n) is 2.24. The van der Waals surface area contributed by atoms with E-state index in [1.165, 1.54) is 19.3 Å². The largest absolute Gasteiger partial charge is 0.338 e. The fourth-order valence-corrected chi connectivity index (χ4v) is 2.24. The Balaban J connectivity index is 1.91. The molecule has 0 N–H and O–H groups in total. The highest BCUT2D eigenvalue weighted by atomic mass is 16.5. The number of hydrogen-bond acceptors (Lipinski definition) is 5. The van der Waals surface area contributed by atoms with Crippen LogP contribution in [0.4, 0.5) is 5.95 Å². The topological polar surface area (TPSA) is 59.2 Å². The van der Waals surface area contributed by atoms with E-state index in [2.05, 4.69) is 15.0 Å². The predicted molar refractivity (Wildman–Crippen MR) is 68.5 cm³/mol. The Morgan fingerprint density at radius 1 is 1.33 bits per heavy atom. The molecule has 2 heterocycles. The van der Waals surface area contributed by atoms with Crippen LogP contribution in [0.15, 0.2) is 4.52 Å². The zero-order valence-corrected chi connectivity index (χ0v) is 11.2. The van der Waals surface area contributed by atoms with Crippen molar-refractivity contribution in [3.63, 3.8) is 0 Å². The first kappa shape index (κ1) is 13.1. The van der Waals surface area contributed by atoms with Gasteiger partial charge in [-0.15, -0.1) is 0 Å². The molecule has 18 heavy (non-hydrogen) atoms. The number of rotatable bonds is 5. The van der Waals surface area contributed by atoms with Gasteiger partial charge < -0.3 is 9.42 Å². The molecule has 1 aliphatic rings. The summed E-state index contributed by atoms with van der Waals surface area (Å²) in [4.78, 5) is 18.1. The molecule has 0 atom stereocenters. The van der Waals surface area contributed by atoms with Gasteiger partial charge in [0.2, 0.25) is 5.89 Å². The second kappa shape index (κ2) is 5.98. The molecular formula is C13H21N3O2. The number of carbonyl (C=O) groups is 1. The summed E-state index contributed by atoms with van der Waals surface area (Å²) in [6.45, 7) is 6.04. The maximum absolute atomic E-state index is 11.7. The zero-order chi connectivity index (χ0) is 13.0. The van der Waals surface area contributed by atoms with E-state index >= 15 is 0 Å². The van der Waals surface area contributed by atoms with Crippen molar-refractivity contribution in [3.05, 3.63) is 5.89 Å². The molecule has 0 bridgehead atoms. The zero-order valence-electron chi connectivity index (χ0n) is 11.2. The molecule has 0 aliphatic carbocycles. The molecule has 0 radical (unpaired) electrons. The SMILES string of the molecule is CC(C)CC(=O)Cc1nc(N2CCCCC2)no1. The first-order valence-corrected chi connectivity index (χ1v) is 6.74. The van der Waals surface area contributed by atoms with E-state index < -0.39 is 0 Å². The Morgan fingerprint density at radius 3 is 2.72 bits per heavy atom. The lowest BCUT2D eigenvalue weighted by molar-refractivity contribution is -0.119. The summed E-state index contributed by atoms with van der Waals surface area (Å²) >= 11 is 0. The van der Waals surface area contributed by atoms with Crippen molar-refractivity contribution < 1.29 is 9.32 Å². The van der Waals surface area contributed by atoms with E-state index in [9.17, 15) is 4.79 Å². The van der Waals surface area contributed by atoms with Crippen molar-refractivity contribution in [1.29, 1.82) is 0 Å². The minimum atomic E-state index is 0.166. The Hall–Kier alpha value is -1.39. The molecule has 1 aliphatic heterocycles. The molecule has 5 nitrogen and oxygen atoms in total. The molecule has 0 aromatic carbocycles. The summed E-state index contributed by atoms with van der Waals surface area (Å²) in [6, 6.07) is 0. The van der Waals surface area contributed by atoms with Gasteiger partial charge in [0, 0.05) is 19.5 Å². The van der Waals surface area contributed by atoms with Crippen molar-refractivity contribution in [1.82, 2.24) is 10.1 Å². The lowest BCUT2D eigenvalue weighted by Gasteiger charge is -2.24. The molecule has 0 amide bonds. The van der Waals surface area contributed by atoms with Crippen LogP contribution in [0.1, 0.15) is 45.4 Å². The highest BCUT2D eigenvalue weighted by Crippen LogP contribution is 2.16. The van der Waals surface area contributed by atoms with E-state index in [1.807, 2.05) is 13.8 Å². The number of ketones is 1. The minimum Gasteiger partial charge on any atom is -0.338 e. The predicted octanol–water partition coefficient (Wildman–Crippen LogP) is 2.22. The van der Waals surface area contributed by atoms with Gasteiger partial charge >= 0.3 is 0 Å². The van der Waals surface area contributed by atoms with Gasteiger partial charge in [-0.1, -0.05) is 13.8 Å². The number of aromatic nitrogens is 2. The number of anilines is 1. The van der Waals surface area contributed by atoms with Crippen molar-refractivity contribution in [2.75, 3.05) is 18.0 Å². The number of hydrogen-bond donors (Lipinski definition) is 0. The maximum Gasteiger partial charge on any atom is 0.266 e. The first-order valence-electron chi connectivity index (χ1n) is 6.74. The number of piperidine rings is 1. The van der Waals surface area contributed by atoms with Crippen LogP contribution >= 0.6 is 0 Å². The Labute approximate surface area is 108 Å². The van der Waals surface area contributed by atoms with Gasteiger partial charge in [-0.05, 0) is 30.3 Å². The Morgan fingerprint density at radius 2 is 2.06 bits per heavy atom. The van der Waals surface area contributed by atoms with E-state index in [0.717, 1.165) is 13.1 Å². The minimum absolute atomic E-state index is 0.166. The first-order chi connectivity index (χ1) is 8.65. The molecule has 1 saturated heterocycles. The van der Waals surface area contributed by atoms with Gasteiger partial charge in [-0.3, -0.25) is 4.79 Å². The van der Waals surface area contributed by atoms with Crippen molar-refractivity contribution in [2.24, 2.45) is 5.92 Å². The average molecular weight is 251 g/mol. The third-order valence-electron chi connectivity index (χ3n) is 3.08. The average Bonchev–Trinajstić information content (AvgIpc) is 2.77. The van der Waals surface area contributed by atoms with Crippen LogP contribution in [0.3, 0.4) is 0 Å². The van der Waals surface area contributed by atoms with Crippen LogP contribution in [0, 0.1) is 5.92 Å². The van der Waals surface area contributed by atoms with Crippen LogP contribution in [0.5, 0.6) is 0 Å². The summed E-state index contributed by atoms with van der Waals surface area (Å²) in [7, 11) is 0. The van der Waals surface area contributed by atoms with Crippen LogP contribution in [0.2, 0.25) is 0 Å². The summed E-state index contributed by atoms with van der Waals surface area (Å²) in [5, 5.41) is 3.96. The molecule has 0 spiro atoms. The molecule has 5 heteroatoms. The van der Waals surface area contributed by atoms with Crippen LogP contribution in [0.25, 0.3) is 0 Å². The third kappa shape index (κ3) is 3.55. The second-order valence-electron chi connectivity index (χ2n) is 5.35. The van der Waals surface area contributed by atoms with Crippen LogP contribution in [-0.2, 0) is 11.2 Å². The van der Waals surface area contributed by atoms with Gasteiger partial charge in [0.1, 0.15) is 5.78 Å². The van der Waals surface area contributed by atoms with Crippen molar-refractivity contribution in [3.8, 4) is 0 Å². The molecule has 2 rings (SSSR count). The van der Waals surface area contributed by atoms with E-state index in [0.29, 0.717) is 24.2 Å². The van der Waals surface area contributed by atoms with Crippen molar-refractivity contribution >= 4 is 11.7 Å². The van der Waals surface area contributed by atoms with E-state index in [-0.39, 0.29) is 12.2 Å². The molecule has 1 aromatic rings. The van der Waals surface area contributed by atoms with Gasteiger partial charge in [-0.2, -0.15) is 4.98 Å². The van der Waals surface area contributed by atoms with Gasteiger partial charge in [-0.25, -0.2) is 0 Å². The number of nitrogens with zero attached hydrogens (tertiary/aromatic N) is 3. The fraction of sp³-hybridized carbons (Fsp3) is 0.769. The smallest absolute Gasteiger partial charge is 0.266 e. The lowest BCUT2D eigenvalue weighted by Crippen LogP contribution is -2.30. The molecule has 1 fully saturated rings.